The fraction of sp³-hybridized carbons (Fsp3) is 0.344. The second kappa shape index (κ2) is 26.5. The lowest BCUT2D eigenvalue weighted by atomic mass is 9.83. The molecule has 3 aliphatic heterocycles. The normalized spacial score (nSPS) is 14.4. The zero-order valence-electron chi connectivity index (χ0n) is 49.8. The van der Waals surface area contributed by atoms with Crippen molar-refractivity contribution in [2.75, 3.05) is 109 Å². The summed E-state index contributed by atoms with van der Waals surface area (Å²) >= 11 is 0. The number of hydrogen-bond donors (Lipinski definition) is 9. The Morgan fingerprint density at radius 1 is 0.522 bits per heavy atom. The van der Waals surface area contributed by atoms with Crippen molar-refractivity contribution < 1.29 is 47.2 Å². The molecule has 3 aromatic carbocycles. The van der Waals surface area contributed by atoms with Gasteiger partial charge in [0.1, 0.15) is 97.4 Å². The molecule has 0 saturated heterocycles. The number of anilines is 12. The highest BCUT2D eigenvalue weighted by Crippen LogP contribution is 2.43. The number of rotatable bonds is 17. The lowest BCUT2D eigenvalue weighted by Crippen LogP contribution is -2.20. The molecule has 466 valence electrons. The van der Waals surface area contributed by atoms with E-state index in [1.54, 1.807) is 84.5 Å². The van der Waals surface area contributed by atoms with E-state index >= 15 is 0 Å². The summed E-state index contributed by atoms with van der Waals surface area (Å²) in [6.45, 7) is 4.46. The van der Waals surface area contributed by atoms with E-state index in [-0.39, 0.29) is 17.7 Å². The van der Waals surface area contributed by atoms with Crippen molar-refractivity contribution in [3.8, 4) is 40.6 Å². The van der Waals surface area contributed by atoms with Crippen LogP contribution in [0.5, 0.6) is 34.5 Å². The average molecular weight is 1230 g/mol. The number of aromatic nitrogens is 9. The maximum absolute atomic E-state index is 14.1. The molecule has 3 amide bonds. The highest BCUT2D eigenvalue weighted by atomic mass is 19.1. The smallest absolute Gasteiger partial charge is 0.224 e. The Balaban J connectivity index is 0.000000131. The Labute approximate surface area is 514 Å². The molecule has 2 aliphatic carbocycles. The van der Waals surface area contributed by atoms with E-state index in [0.29, 0.717) is 180 Å². The second-order valence-electron chi connectivity index (χ2n) is 21.6. The van der Waals surface area contributed by atoms with Crippen LogP contribution in [0, 0.1) is 29.0 Å². The van der Waals surface area contributed by atoms with Crippen LogP contribution in [-0.2, 0) is 14.4 Å². The third kappa shape index (κ3) is 13.1. The minimum atomic E-state index is -0.449. The van der Waals surface area contributed by atoms with Gasteiger partial charge in [0.25, 0.3) is 0 Å². The standard InChI is InChI=1S/C22H23N7O3.C21H23FN6O3.C18H20N6O3/c1-24-19-10-18(26-15-7-14(11-23)8-17-21(15)32-6-5-31-17)28-22-16(12-25-29(19)22)27-20(30)9-13-3-2-4-13;1-23-18-10-17(25-14-8-13(22)9-16-20(14)31-6-5-30-16)27-21-15(11-24-28(18)21)26-19(29)7-12-3-2-4-12;1-3-17(25)22-12-10-20-24-16(19-2)9-15(23-18(12)24)21-11-4-5-13-14(8-11)27-7-6-26-13/h7-8,10,12-13,24H,2-6,9H2,1H3,(H,26,28)(H,27,30);8-12,23H,2-7H2,1H3,(H,25,27)(H,26,29);4-5,8-10,19H,3,6-7H2,1-2H3,(H,21,23)(H,22,25). The first-order chi connectivity index (χ1) is 43.9. The molecule has 9 aromatic rings. The summed E-state index contributed by atoms with van der Waals surface area (Å²) in [7, 11) is 5.34. The van der Waals surface area contributed by atoms with Crippen LogP contribution in [0.15, 0.2) is 79.3 Å². The molecular formula is C61H66FN19O9. The van der Waals surface area contributed by atoms with Gasteiger partial charge in [-0.2, -0.15) is 34.1 Å². The molecule has 2 saturated carbocycles. The number of carbonyl (C=O) groups is 3. The van der Waals surface area contributed by atoms with E-state index in [1.165, 1.54) is 25.0 Å². The Hall–Kier alpha value is -11.1. The number of ether oxygens (including phenoxy) is 6. The van der Waals surface area contributed by atoms with Gasteiger partial charge in [-0.05, 0) is 55.7 Å². The van der Waals surface area contributed by atoms with Gasteiger partial charge in [-0.1, -0.05) is 19.8 Å². The van der Waals surface area contributed by atoms with Gasteiger partial charge in [0.05, 0.1) is 41.6 Å². The van der Waals surface area contributed by atoms with E-state index in [2.05, 4.69) is 84.2 Å². The number of nitriles is 1. The predicted octanol–water partition coefficient (Wildman–Crippen LogP) is 9.47. The van der Waals surface area contributed by atoms with Gasteiger partial charge in [-0.3, -0.25) is 14.4 Å². The van der Waals surface area contributed by atoms with Crippen molar-refractivity contribution in [2.24, 2.45) is 11.8 Å². The zero-order valence-corrected chi connectivity index (χ0v) is 49.8. The fourth-order valence-corrected chi connectivity index (χ4v) is 10.5. The first kappa shape index (κ1) is 59.3. The van der Waals surface area contributed by atoms with Crippen LogP contribution >= 0.6 is 0 Å². The molecule has 6 aromatic heterocycles. The maximum atomic E-state index is 14.1. The topological polar surface area (TPSA) is 329 Å². The van der Waals surface area contributed by atoms with Crippen molar-refractivity contribution in [1.82, 2.24) is 43.8 Å². The molecule has 5 aliphatic rings. The van der Waals surface area contributed by atoms with Crippen LogP contribution in [0.4, 0.5) is 73.4 Å². The molecule has 14 rings (SSSR count). The Bertz CT molecular complexity index is 4210. The number of fused-ring (bicyclic) bond motifs is 6. The monoisotopic (exact) mass is 1230 g/mol. The van der Waals surface area contributed by atoms with Gasteiger partial charge in [-0.15, -0.1) is 0 Å². The van der Waals surface area contributed by atoms with Crippen LogP contribution in [-0.4, -0.2) is 122 Å². The van der Waals surface area contributed by atoms with E-state index in [0.717, 1.165) is 42.9 Å². The van der Waals surface area contributed by atoms with Gasteiger partial charge in [0, 0.05) is 88.6 Å². The Morgan fingerprint density at radius 3 is 1.41 bits per heavy atom. The highest BCUT2D eigenvalue weighted by Gasteiger charge is 2.26. The second-order valence-corrected chi connectivity index (χ2v) is 21.6. The molecule has 29 heteroatoms. The van der Waals surface area contributed by atoms with Gasteiger partial charge >= 0.3 is 0 Å². The molecule has 90 heavy (non-hydrogen) atoms. The van der Waals surface area contributed by atoms with Crippen LogP contribution in [0.2, 0.25) is 0 Å². The molecule has 28 nitrogen and oxygen atoms in total. The molecular weight excluding hydrogens is 1160 g/mol. The first-order valence-corrected chi connectivity index (χ1v) is 29.7. The predicted molar refractivity (Wildman–Crippen MR) is 335 cm³/mol. The Kier molecular flexibility index (Phi) is 17.5. The minimum absolute atomic E-state index is 0.0305. The molecule has 9 heterocycles. The summed E-state index contributed by atoms with van der Waals surface area (Å²) in [4.78, 5) is 50.5. The van der Waals surface area contributed by atoms with Crippen LogP contribution in [0.1, 0.15) is 70.3 Å². The number of halogens is 1. The Morgan fingerprint density at radius 2 is 0.956 bits per heavy atom. The number of benzene rings is 3. The summed E-state index contributed by atoms with van der Waals surface area (Å²) in [5.74, 6) is 7.17. The lowest BCUT2D eigenvalue weighted by Gasteiger charge is -2.24. The van der Waals surface area contributed by atoms with Crippen LogP contribution in [0.3, 0.4) is 0 Å². The summed E-state index contributed by atoms with van der Waals surface area (Å²) in [6, 6.07) is 19.1. The van der Waals surface area contributed by atoms with Crippen molar-refractivity contribution in [2.45, 2.75) is 64.7 Å². The number of amides is 3. The third-order valence-electron chi connectivity index (χ3n) is 15.4. The average Bonchev–Trinajstić information content (AvgIpc) is 1.88. The lowest BCUT2D eigenvalue weighted by molar-refractivity contribution is -0.118. The number of hydrogen-bond acceptors (Lipinski definition) is 22. The van der Waals surface area contributed by atoms with Gasteiger partial charge in [-0.25, -0.2) is 19.3 Å². The van der Waals surface area contributed by atoms with E-state index in [9.17, 15) is 24.0 Å². The number of carbonyl (C=O) groups excluding carboxylic acids is 3. The molecule has 0 radical (unpaired) electrons. The van der Waals surface area contributed by atoms with Crippen molar-refractivity contribution >= 4 is 104 Å². The van der Waals surface area contributed by atoms with Gasteiger partial charge < -0.3 is 76.3 Å². The first-order valence-electron chi connectivity index (χ1n) is 29.7. The van der Waals surface area contributed by atoms with E-state index in [1.807, 2.05) is 24.3 Å². The molecule has 0 spiro atoms. The summed E-state index contributed by atoms with van der Waals surface area (Å²) < 4.78 is 52.7. The molecule has 2 fully saturated rings. The highest BCUT2D eigenvalue weighted by molar-refractivity contribution is 5.96. The fourth-order valence-electron chi connectivity index (χ4n) is 10.5. The molecule has 0 unspecified atom stereocenters. The minimum Gasteiger partial charge on any atom is -0.486 e. The van der Waals surface area contributed by atoms with Crippen LogP contribution < -0.4 is 76.3 Å². The van der Waals surface area contributed by atoms with Crippen molar-refractivity contribution in [3.63, 3.8) is 0 Å². The van der Waals surface area contributed by atoms with E-state index < -0.39 is 5.82 Å². The van der Waals surface area contributed by atoms with Crippen molar-refractivity contribution in [3.05, 3.63) is 90.6 Å². The number of nitrogens with one attached hydrogen (secondary N) is 9. The maximum Gasteiger partial charge on any atom is 0.224 e. The quantitative estimate of drug-likeness (QED) is 0.0410. The molecule has 0 atom stereocenters. The largest absolute Gasteiger partial charge is 0.486 e. The summed E-state index contributed by atoms with van der Waals surface area (Å²) in [5, 5.41) is 49.9. The number of nitrogens with zero attached hydrogens (tertiary/aromatic N) is 10. The molecule has 9 N–H and O–H groups in total. The van der Waals surface area contributed by atoms with E-state index in [4.69, 9.17) is 28.4 Å². The van der Waals surface area contributed by atoms with Gasteiger partial charge in [0.15, 0.2) is 51.4 Å². The third-order valence-corrected chi connectivity index (χ3v) is 15.4. The van der Waals surface area contributed by atoms with Crippen LogP contribution in [0.25, 0.3) is 16.9 Å². The van der Waals surface area contributed by atoms with Gasteiger partial charge in [0.2, 0.25) is 17.7 Å². The molecule has 0 bridgehead atoms. The summed E-state index contributed by atoms with van der Waals surface area (Å²) in [6.07, 6.45) is 13.0. The van der Waals surface area contributed by atoms with Crippen molar-refractivity contribution in [1.29, 1.82) is 5.26 Å². The SMILES string of the molecule is CCC(=O)Nc1cnn2c(NC)cc(Nc3ccc4c(c3)OCCO4)nc12.CNc1cc(Nc2cc(C#N)cc3c2OCCO3)nc2c(NC(=O)CC3CCC3)cnn12.CNc1cc(Nc2cc(F)cc3c2OCCO3)nc2c(NC(=O)CC3CCC3)cnn12. The summed E-state index contributed by atoms with van der Waals surface area (Å²) in [5.41, 5.74) is 5.38. The zero-order chi connectivity index (χ0) is 62.3.